The van der Waals surface area contributed by atoms with Crippen LogP contribution in [0.25, 0.3) is 0 Å². The Morgan fingerprint density at radius 2 is 2.00 bits per heavy atom. The van der Waals surface area contributed by atoms with Crippen LogP contribution in [0.3, 0.4) is 0 Å². The first-order valence-corrected chi connectivity index (χ1v) is 5.63. The van der Waals surface area contributed by atoms with Gasteiger partial charge in [-0.3, -0.25) is 4.79 Å². The minimum atomic E-state index is -1.71. The summed E-state index contributed by atoms with van der Waals surface area (Å²) >= 11 is 0. The fraction of sp³-hybridized carbons (Fsp3) is 0.462. The highest BCUT2D eigenvalue weighted by Crippen LogP contribution is 2.22. The van der Waals surface area contributed by atoms with Gasteiger partial charge in [0, 0.05) is 21.0 Å². The van der Waals surface area contributed by atoms with Gasteiger partial charge in [0.05, 0.1) is 12.6 Å². The second-order valence-corrected chi connectivity index (χ2v) is 4.33. The zero-order valence-corrected chi connectivity index (χ0v) is 10.8. The Balaban J connectivity index is 2.76. The minimum absolute atomic E-state index is 0.222. The van der Waals surface area contributed by atoms with Gasteiger partial charge in [0.1, 0.15) is 5.75 Å². The molecule has 0 fully saturated rings. The molecule has 0 spiro atoms. The molecule has 4 nitrogen and oxygen atoms in total. The first kappa shape index (κ1) is 14.4. The van der Waals surface area contributed by atoms with Gasteiger partial charge in [-0.15, -0.1) is 0 Å². The molecule has 5 heteroatoms. The van der Waals surface area contributed by atoms with Gasteiger partial charge in [0.25, 0.3) is 0 Å². The van der Waals surface area contributed by atoms with E-state index in [1.165, 1.54) is 13.8 Å². The number of halogens is 1. The molecule has 0 bridgehead atoms. The largest absolute Gasteiger partial charge is 0.459 e. The summed E-state index contributed by atoms with van der Waals surface area (Å²) in [5.74, 6) is -1.28. The van der Waals surface area contributed by atoms with Crippen LogP contribution in [0, 0.1) is 0 Å². The number of ether oxygens (including phenoxy) is 2. The number of carbonyl (C=O) groups excluding carboxylic acids is 1. The van der Waals surface area contributed by atoms with E-state index in [-0.39, 0.29) is 6.04 Å². The van der Waals surface area contributed by atoms with Crippen LogP contribution in [-0.4, -0.2) is 26.0 Å². The Labute approximate surface area is 106 Å². The molecule has 1 aromatic rings. The Kier molecular flexibility index (Phi) is 5.09. The van der Waals surface area contributed by atoms with Crippen molar-refractivity contribution >= 4 is 6.41 Å². The summed E-state index contributed by atoms with van der Waals surface area (Å²) in [6.07, 6.45) is 0.624. The summed E-state index contributed by atoms with van der Waals surface area (Å²) in [4.78, 5) is 10.5. The Morgan fingerprint density at radius 3 is 2.44 bits per heavy atom. The normalized spacial score (nSPS) is 12.9. The van der Waals surface area contributed by atoms with Crippen molar-refractivity contribution in [3.63, 3.8) is 0 Å². The zero-order chi connectivity index (χ0) is 13.6. The lowest BCUT2D eigenvalue weighted by atomic mass is 10.1. The highest BCUT2D eigenvalue weighted by atomic mass is 19.2. The molecule has 0 aromatic heterocycles. The van der Waals surface area contributed by atoms with Gasteiger partial charge >= 0.3 is 0 Å². The number of hydrogen-bond donors (Lipinski definition) is 1. The summed E-state index contributed by atoms with van der Waals surface area (Å²) in [5, 5.41) is 2.65. The predicted molar refractivity (Wildman–Crippen MR) is 66.1 cm³/mol. The third-order valence-electron chi connectivity index (χ3n) is 2.25. The van der Waals surface area contributed by atoms with Crippen LogP contribution in [0.15, 0.2) is 24.3 Å². The number of hydrogen-bond acceptors (Lipinski definition) is 3. The standard InChI is InChI=1S/C13H18FNO3/c1-13(2,14)18-11-6-4-10(5-7-11)12(8-17-3)15-9-16/h4-7,9,12H,8H2,1-3H3,(H,15,16). The van der Waals surface area contributed by atoms with Crippen LogP contribution in [0.2, 0.25) is 0 Å². The van der Waals surface area contributed by atoms with E-state index < -0.39 is 5.85 Å². The van der Waals surface area contributed by atoms with E-state index in [1.807, 2.05) is 0 Å². The number of amides is 1. The fourth-order valence-electron chi connectivity index (χ4n) is 1.54. The lowest BCUT2D eigenvalue weighted by Crippen LogP contribution is -2.24. The van der Waals surface area contributed by atoms with E-state index >= 15 is 0 Å². The molecule has 0 aliphatic heterocycles. The third-order valence-corrected chi connectivity index (χ3v) is 2.25. The number of benzene rings is 1. The van der Waals surface area contributed by atoms with Crippen molar-refractivity contribution in [3.8, 4) is 5.75 Å². The van der Waals surface area contributed by atoms with Crippen molar-refractivity contribution < 1.29 is 18.7 Å². The quantitative estimate of drug-likeness (QED) is 0.760. The molecule has 18 heavy (non-hydrogen) atoms. The molecular weight excluding hydrogens is 237 g/mol. The van der Waals surface area contributed by atoms with Crippen LogP contribution >= 0.6 is 0 Å². The summed E-state index contributed by atoms with van der Waals surface area (Å²) in [7, 11) is 1.56. The zero-order valence-electron chi connectivity index (χ0n) is 10.8. The lowest BCUT2D eigenvalue weighted by Gasteiger charge is -2.19. The molecule has 1 unspecified atom stereocenters. The molecular formula is C13H18FNO3. The lowest BCUT2D eigenvalue weighted by molar-refractivity contribution is -0.110. The van der Waals surface area contributed by atoms with Crippen molar-refractivity contribution in [3.05, 3.63) is 29.8 Å². The second-order valence-electron chi connectivity index (χ2n) is 4.33. The van der Waals surface area contributed by atoms with Gasteiger partial charge in [0.2, 0.25) is 12.3 Å². The molecule has 100 valence electrons. The maximum atomic E-state index is 13.3. The van der Waals surface area contributed by atoms with E-state index in [1.54, 1.807) is 31.4 Å². The number of carbonyl (C=O) groups is 1. The average Bonchev–Trinajstić information content (AvgIpc) is 2.28. The molecule has 1 N–H and O–H groups in total. The van der Waals surface area contributed by atoms with Crippen LogP contribution in [0.1, 0.15) is 25.5 Å². The maximum absolute atomic E-state index is 13.3. The third kappa shape index (κ3) is 4.71. The highest BCUT2D eigenvalue weighted by molar-refractivity contribution is 5.48. The highest BCUT2D eigenvalue weighted by Gasteiger charge is 2.17. The van der Waals surface area contributed by atoms with Gasteiger partial charge in [-0.2, -0.15) is 4.39 Å². The van der Waals surface area contributed by atoms with Gasteiger partial charge in [-0.25, -0.2) is 0 Å². The molecule has 0 saturated carbocycles. The van der Waals surface area contributed by atoms with E-state index in [4.69, 9.17) is 9.47 Å². The average molecular weight is 255 g/mol. The SMILES string of the molecule is COCC(NC=O)c1ccc(OC(C)(C)F)cc1. The second kappa shape index (κ2) is 6.35. The number of rotatable bonds is 7. The van der Waals surface area contributed by atoms with Crippen molar-refractivity contribution in [2.75, 3.05) is 13.7 Å². The topological polar surface area (TPSA) is 47.6 Å². The van der Waals surface area contributed by atoms with E-state index in [2.05, 4.69) is 5.32 Å². The molecule has 0 radical (unpaired) electrons. The molecule has 0 heterocycles. The molecule has 1 aromatic carbocycles. The van der Waals surface area contributed by atoms with Crippen LogP contribution in [0.4, 0.5) is 4.39 Å². The summed E-state index contributed by atoms with van der Waals surface area (Å²) in [5.41, 5.74) is 0.868. The van der Waals surface area contributed by atoms with Crippen LogP contribution in [-0.2, 0) is 9.53 Å². The van der Waals surface area contributed by atoms with Crippen molar-refractivity contribution in [1.82, 2.24) is 5.32 Å². The Bertz CT molecular complexity index is 373. The smallest absolute Gasteiger partial charge is 0.242 e. The number of nitrogens with one attached hydrogen (secondary N) is 1. The van der Waals surface area contributed by atoms with Crippen molar-refractivity contribution in [2.24, 2.45) is 0 Å². The maximum Gasteiger partial charge on any atom is 0.242 e. The predicted octanol–water partition coefficient (Wildman–Crippen LogP) is 2.20. The minimum Gasteiger partial charge on any atom is -0.459 e. The molecule has 0 aliphatic rings. The molecule has 0 saturated heterocycles. The van der Waals surface area contributed by atoms with Crippen LogP contribution in [0.5, 0.6) is 5.75 Å². The summed E-state index contributed by atoms with van der Waals surface area (Å²) in [6, 6.07) is 6.63. The molecule has 1 amide bonds. The van der Waals surface area contributed by atoms with Crippen molar-refractivity contribution in [1.29, 1.82) is 0 Å². The number of methoxy groups -OCH3 is 1. The van der Waals surface area contributed by atoms with Gasteiger partial charge in [-0.05, 0) is 17.7 Å². The van der Waals surface area contributed by atoms with E-state index in [0.29, 0.717) is 18.8 Å². The first-order valence-electron chi connectivity index (χ1n) is 5.63. The van der Waals surface area contributed by atoms with Gasteiger partial charge in [-0.1, -0.05) is 12.1 Å². The Hall–Kier alpha value is -1.62. The Morgan fingerprint density at radius 1 is 1.39 bits per heavy atom. The molecule has 0 aliphatic carbocycles. The van der Waals surface area contributed by atoms with E-state index in [9.17, 15) is 9.18 Å². The van der Waals surface area contributed by atoms with E-state index in [0.717, 1.165) is 5.56 Å². The van der Waals surface area contributed by atoms with Crippen LogP contribution < -0.4 is 10.1 Å². The number of alkyl halides is 1. The molecule has 1 rings (SSSR count). The monoisotopic (exact) mass is 255 g/mol. The fourth-order valence-corrected chi connectivity index (χ4v) is 1.54. The first-order chi connectivity index (χ1) is 8.46. The van der Waals surface area contributed by atoms with Gasteiger partial charge < -0.3 is 14.8 Å². The van der Waals surface area contributed by atoms with Gasteiger partial charge in [0.15, 0.2) is 0 Å². The summed E-state index contributed by atoms with van der Waals surface area (Å²) < 4.78 is 23.4. The summed E-state index contributed by atoms with van der Waals surface area (Å²) in [6.45, 7) is 3.04. The van der Waals surface area contributed by atoms with Crippen molar-refractivity contribution in [2.45, 2.75) is 25.7 Å². The molecule has 1 atom stereocenters.